The van der Waals surface area contributed by atoms with Gasteiger partial charge in [0.25, 0.3) is 0 Å². The van der Waals surface area contributed by atoms with E-state index in [2.05, 4.69) is 15.2 Å². The third-order valence-electron chi connectivity index (χ3n) is 5.50. The van der Waals surface area contributed by atoms with Crippen LogP contribution in [0.3, 0.4) is 0 Å². The van der Waals surface area contributed by atoms with Crippen LogP contribution in [0.25, 0.3) is 5.00 Å². The Bertz CT molecular complexity index is 1190. The topological polar surface area (TPSA) is 69.4 Å². The Morgan fingerprint density at radius 3 is 2.77 bits per heavy atom. The summed E-state index contributed by atoms with van der Waals surface area (Å²) in [6.45, 7) is 4.05. The second kappa shape index (κ2) is 7.09. The van der Waals surface area contributed by atoms with Crippen molar-refractivity contribution < 1.29 is 18.3 Å². The lowest BCUT2D eigenvalue weighted by Crippen LogP contribution is -2.12. The van der Waals surface area contributed by atoms with Crippen molar-refractivity contribution in [3.63, 3.8) is 0 Å². The number of hydrogen-bond acceptors (Lipinski definition) is 6. The van der Waals surface area contributed by atoms with Crippen molar-refractivity contribution in [3.05, 3.63) is 63.0 Å². The lowest BCUT2D eigenvalue weighted by molar-refractivity contribution is -0.144. The fourth-order valence-electron chi connectivity index (χ4n) is 4.22. The van der Waals surface area contributed by atoms with Crippen LogP contribution in [0.5, 0.6) is 0 Å². The van der Waals surface area contributed by atoms with E-state index >= 15 is 0 Å². The van der Waals surface area contributed by atoms with E-state index in [0.717, 1.165) is 15.4 Å². The molecular weight excluding hydrogens is 410 g/mol. The minimum Gasteiger partial charge on any atom is -0.465 e. The quantitative estimate of drug-likeness (QED) is 0.594. The average molecular weight is 428 g/mol. The monoisotopic (exact) mass is 428 g/mol. The van der Waals surface area contributed by atoms with Crippen LogP contribution < -0.4 is 0 Å². The molecule has 0 bridgehead atoms. The summed E-state index contributed by atoms with van der Waals surface area (Å²) >= 11 is 1.43. The maximum atomic E-state index is 14.7. The molecule has 3 heterocycles. The summed E-state index contributed by atoms with van der Waals surface area (Å²) < 4.78 is 36.6. The van der Waals surface area contributed by atoms with Crippen LogP contribution in [0, 0.1) is 18.6 Å². The third kappa shape index (κ3) is 2.72. The van der Waals surface area contributed by atoms with Crippen LogP contribution in [0.1, 0.15) is 52.5 Å². The van der Waals surface area contributed by atoms with Gasteiger partial charge in [-0.15, -0.1) is 21.5 Å². The molecule has 1 aliphatic carbocycles. The molecule has 0 fully saturated rings. The first kappa shape index (κ1) is 19.0. The first-order valence-electron chi connectivity index (χ1n) is 9.73. The van der Waals surface area contributed by atoms with Gasteiger partial charge in [-0.2, -0.15) is 0 Å². The number of rotatable bonds is 3. The Morgan fingerprint density at radius 2 is 2.03 bits per heavy atom. The van der Waals surface area contributed by atoms with Crippen LogP contribution in [-0.2, 0) is 22.5 Å². The molecule has 2 aromatic heterocycles. The lowest BCUT2D eigenvalue weighted by atomic mass is 9.98. The molecule has 2 aliphatic rings. The first-order valence-corrected chi connectivity index (χ1v) is 10.6. The van der Waals surface area contributed by atoms with Gasteiger partial charge in [0, 0.05) is 10.4 Å². The van der Waals surface area contributed by atoms with Crippen molar-refractivity contribution >= 4 is 23.0 Å². The van der Waals surface area contributed by atoms with Gasteiger partial charge in [0.05, 0.1) is 23.8 Å². The molecule has 1 aromatic carbocycles. The molecule has 0 saturated carbocycles. The Morgan fingerprint density at radius 1 is 1.27 bits per heavy atom. The van der Waals surface area contributed by atoms with E-state index in [1.54, 1.807) is 6.92 Å². The van der Waals surface area contributed by atoms with Gasteiger partial charge < -0.3 is 4.74 Å². The summed E-state index contributed by atoms with van der Waals surface area (Å²) in [5, 5.41) is 9.08. The Labute approximate surface area is 175 Å². The highest BCUT2D eigenvalue weighted by atomic mass is 32.1. The second-order valence-electron chi connectivity index (χ2n) is 7.23. The van der Waals surface area contributed by atoms with Crippen LogP contribution in [-0.4, -0.2) is 33.1 Å². The molecular formula is C21H18F2N4O2S. The molecule has 30 heavy (non-hydrogen) atoms. The predicted molar refractivity (Wildman–Crippen MR) is 107 cm³/mol. The number of benzene rings is 1. The molecule has 1 atom stereocenters. The summed E-state index contributed by atoms with van der Waals surface area (Å²) in [6, 6.07) is 3.79. The van der Waals surface area contributed by atoms with Crippen LogP contribution in [0.4, 0.5) is 8.78 Å². The molecule has 5 rings (SSSR count). The molecule has 6 nitrogen and oxygen atoms in total. The number of aryl methyl sites for hydroxylation is 1. The van der Waals surface area contributed by atoms with E-state index < -0.39 is 11.6 Å². The number of fused-ring (bicyclic) bond motifs is 5. The SMILES string of the molecule is CCOC(=O)C1CCc2c1sc1c2C(c2c(F)cccc2F)=NCc2nnc(C)n2-1. The molecule has 0 spiro atoms. The van der Waals surface area contributed by atoms with Crippen LogP contribution >= 0.6 is 11.3 Å². The van der Waals surface area contributed by atoms with Crippen molar-refractivity contribution in [1.29, 1.82) is 0 Å². The number of halogens is 2. The van der Waals surface area contributed by atoms with Crippen LogP contribution in [0.15, 0.2) is 23.2 Å². The standard InChI is InChI=1S/C21H18F2N4O2S/c1-3-29-21(28)12-8-7-11-16-18(17-13(22)5-4-6-14(17)23)24-9-15-26-25-10(2)27(15)20(16)30-19(11)12/h4-6,12H,3,7-9H2,1-2H3. The van der Waals surface area contributed by atoms with Crippen molar-refractivity contribution in [3.8, 4) is 5.00 Å². The second-order valence-corrected chi connectivity index (χ2v) is 8.26. The minimum atomic E-state index is -0.672. The van der Waals surface area contributed by atoms with E-state index in [0.29, 0.717) is 36.7 Å². The normalized spacial score (nSPS) is 17.1. The van der Waals surface area contributed by atoms with Crippen molar-refractivity contribution in [2.45, 2.75) is 39.2 Å². The highest BCUT2D eigenvalue weighted by Crippen LogP contribution is 2.47. The summed E-state index contributed by atoms with van der Waals surface area (Å²) in [7, 11) is 0. The van der Waals surface area contributed by atoms with Gasteiger partial charge in [0.2, 0.25) is 0 Å². The fraction of sp³-hybridized carbons (Fsp3) is 0.333. The Kier molecular flexibility index (Phi) is 4.50. The van der Waals surface area contributed by atoms with E-state index in [4.69, 9.17) is 4.74 Å². The highest BCUT2D eigenvalue weighted by Gasteiger charge is 2.39. The number of aliphatic imine (C=N–C) groups is 1. The van der Waals surface area contributed by atoms with E-state index in [-0.39, 0.29) is 29.7 Å². The molecule has 0 saturated heterocycles. The summed E-state index contributed by atoms with van der Waals surface area (Å²) in [5.74, 6) is -0.756. The zero-order chi connectivity index (χ0) is 21.0. The smallest absolute Gasteiger partial charge is 0.314 e. The van der Waals surface area contributed by atoms with E-state index in [1.165, 1.54) is 29.5 Å². The van der Waals surface area contributed by atoms with Gasteiger partial charge in [-0.25, -0.2) is 8.78 Å². The Balaban J connectivity index is 1.77. The molecule has 0 amide bonds. The first-order chi connectivity index (χ1) is 14.5. The number of carbonyl (C=O) groups excluding carboxylic acids is 1. The molecule has 154 valence electrons. The predicted octanol–water partition coefficient (Wildman–Crippen LogP) is 3.86. The molecule has 1 aliphatic heterocycles. The number of hydrogen-bond donors (Lipinski definition) is 0. The highest BCUT2D eigenvalue weighted by molar-refractivity contribution is 7.15. The largest absolute Gasteiger partial charge is 0.465 e. The van der Waals surface area contributed by atoms with E-state index in [9.17, 15) is 13.6 Å². The summed E-state index contributed by atoms with van der Waals surface area (Å²) in [5.41, 5.74) is 1.66. The van der Waals surface area contributed by atoms with Gasteiger partial charge in [-0.05, 0) is 44.4 Å². The van der Waals surface area contributed by atoms with Gasteiger partial charge in [-0.3, -0.25) is 14.4 Å². The third-order valence-corrected chi connectivity index (χ3v) is 6.83. The van der Waals surface area contributed by atoms with Crippen LogP contribution in [0.2, 0.25) is 0 Å². The number of thiophene rings is 1. The molecule has 1 unspecified atom stereocenters. The maximum Gasteiger partial charge on any atom is 0.314 e. The van der Waals surface area contributed by atoms with Gasteiger partial charge >= 0.3 is 5.97 Å². The van der Waals surface area contributed by atoms with Gasteiger partial charge in [0.1, 0.15) is 29.0 Å². The minimum absolute atomic E-state index is 0.154. The van der Waals surface area contributed by atoms with Crippen molar-refractivity contribution in [2.75, 3.05) is 6.61 Å². The van der Waals surface area contributed by atoms with E-state index in [1.807, 2.05) is 11.5 Å². The maximum absolute atomic E-state index is 14.7. The number of carbonyl (C=O) groups is 1. The fourth-order valence-corrected chi connectivity index (χ4v) is 5.76. The van der Waals surface area contributed by atoms with Gasteiger partial charge in [0.15, 0.2) is 5.82 Å². The Hall–Kier alpha value is -2.94. The molecule has 3 aromatic rings. The summed E-state index contributed by atoms with van der Waals surface area (Å²) in [6.07, 6.45) is 1.21. The average Bonchev–Trinajstić information content (AvgIpc) is 3.35. The zero-order valence-corrected chi connectivity index (χ0v) is 17.2. The number of esters is 1. The number of aromatic nitrogens is 3. The number of ether oxygens (including phenoxy) is 1. The van der Waals surface area contributed by atoms with Crippen molar-refractivity contribution in [2.24, 2.45) is 4.99 Å². The molecule has 9 heteroatoms. The van der Waals surface area contributed by atoms with Gasteiger partial charge in [-0.1, -0.05) is 6.07 Å². The zero-order valence-electron chi connectivity index (χ0n) is 16.4. The summed E-state index contributed by atoms with van der Waals surface area (Å²) in [4.78, 5) is 17.9. The molecule has 0 N–H and O–H groups in total. The molecule has 0 radical (unpaired) electrons. The lowest BCUT2D eigenvalue weighted by Gasteiger charge is -2.11. The van der Waals surface area contributed by atoms with Crippen molar-refractivity contribution in [1.82, 2.24) is 14.8 Å². The number of nitrogens with zero attached hydrogens (tertiary/aromatic N) is 4.